The lowest BCUT2D eigenvalue weighted by Crippen LogP contribution is -2.14. The Kier molecular flexibility index (Phi) is 4.18. The Morgan fingerprint density at radius 3 is 2.38 bits per heavy atom. The van der Waals surface area contributed by atoms with Crippen molar-refractivity contribution in [3.05, 3.63) is 23.6 Å². The van der Waals surface area contributed by atoms with Crippen molar-refractivity contribution in [3.8, 4) is 22.9 Å². The first-order valence-corrected chi connectivity index (χ1v) is 6.70. The Balaban J connectivity index is 2.68. The van der Waals surface area contributed by atoms with Crippen LogP contribution < -0.4 is 15.2 Å². The number of nitrogens with two attached hydrogens (primary N) is 1. The highest BCUT2D eigenvalue weighted by Gasteiger charge is 2.25. The minimum absolute atomic E-state index is 0.116. The molecule has 0 spiro atoms. The molecule has 114 valence electrons. The van der Waals surface area contributed by atoms with Crippen LogP contribution in [0.3, 0.4) is 0 Å². The van der Waals surface area contributed by atoms with Crippen LogP contribution in [0.15, 0.2) is 16.7 Å². The summed E-state index contributed by atoms with van der Waals surface area (Å²) in [5.41, 5.74) is 7.14. The molecule has 0 aliphatic rings. The zero-order valence-electron chi connectivity index (χ0n) is 13.1. The number of nitrogens with zero attached hydrogens (tertiary/aromatic N) is 2. The third-order valence-corrected chi connectivity index (χ3v) is 3.19. The van der Waals surface area contributed by atoms with Crippen LogP contribution in [0.5, 0.6) is 11.5 Å². The van der Waals surface area contributed by atoms with Gasteiger partial charge in [0.2, 0.25) is 11.7 Å². The van der Waals surface area contributed by atoms with E-state index in [4.69, 9.17) is 19.7 Å². The maximum Gasteiger partial charge on any atom is 0.240 e. The van der Waals surface area contributed by atoms with Gasteiger partial charge in [-0.15, -0.1) is 0 Å². The van der Waals surface area contributed by atoms with E-state index >= 15 is 0 Å². The zero-order valence-corrected chi connectivity index (χ0v) is 13.1. The van der Waals surface area contributed by atoms with Crippen molar-refractivity contribution in [3.63, 3.8) is 0 Å². The average Bonchev–Trinajstić information content (AvgIpc) is 2.93. The van der Waals surface area contributed by atoms with Crippen LogP contribution in [0, 0.1) is 0 Å². The van der Waals surface area contributed by atoms with E-state index in [9.17, 15) is 0 Å². The summed E-state index contributed by atoms with van der Waals surface area (Å²) in [6.45, 7) is 6.52. The average molecular weight is 291 g/mol. The van der Waals surface area contributed by atoms with Gasteiger partial charge in [0.15, 0.2) is 0 Å². The molecule has 6 nitrogen and oxygen atoms in total. The molecule has 1 heterocycles. The van der Waals surface area contributed by atoms with Gasteiger partial charge in [0.25, 0.3) is 0 Å². The van der Waals surface area contributed by atoms with Crippen molar-refractivity contribution in [1.82, 2.24) is 10.1 Å². The second-order valence-corrected chi connectivity index (χ2v) is 5.72. The van der Waals surface area contributed by atoms with Crippen LogP contribution in [0.1, 0.15) is 32.2 Å². The number of methoxy groups -OCH3 is 2. The smallest absolute Gasteiger partial charge is 0.240 e. The van der Waals surface area contributed by atoms with E-state index in [0.29, 0.717) is 17.5 Å². The topological polar surface area (TPSA) is 83.4 Å². The maximum absolute atomic E-state index is 5.59. The Morgan fingerprint density at radius 1 is 1.19 bits per heavy atom. The van der Waals surface area contributed by atoms with Crippen LogP contribution in [-0.4, -0.2) is 24.4 Å². The van der Waals surface area contributed by atoms with Gasteiger partial charge in [-0.1, -0.05) is 25.9 Å². The molecule has 0 unspecified atom stereocenters. The second-order valence-electron chi connectivity index (χ2n) is 5.72. The van der Waals surface area contributed by atoms with Crippen LogP contribution in [-0.2, 0) is 12.0 Å². The van der Waals surface area contributed by atoms with Crippen LogP contribution in [0.4, 0.5) is 0 Å². The van der Waals surface area contributed by atoms with Crippen LogP contribution in [0.25, 0.3) is 11.4 Å². The Bertz CT molecular complexity index is 630. The van der Waals surface area contributed by atoms with Crippen LogP contribution in [0.2, 0.25) is 0 Å². The van der Waals surface area contributed by atoms with E-state index in [2.05, 4.69) is 30.9 Å². The number of ether oxygens (including phenoxy) is 2. The second kappa shape index (κ2) is 5.73. The molecule has 2 N–H and O–H groups in total. The van der Waals surface area contributed by atoms with E-state index < -0.39 is 0 Å². The summed E-state index contributed by atoms with van der Waals surface area (Å²) in [5, 5.41) is 3.96. The fourth-order valence-corrected chi connectivity index (χ4v) is 2.11. The van der Waals surface area contributed by atoms with Crippen molar-refractivity contribution in [1.29, 1.82) is 0 Å². The van der Waals surface area contributed by atoms with Crippen molar-refractivity contribution >= 4 is 0 Å². The normalized spacial score (nSPS) is 11.5. The van der Waals surface area contributed by atoms with Gasteiger partial charge in [-0.2, -0.15) is 4.98 Å². The third-order valence-electron chi connectivity index (χ3n) is 3.19. The van der Waals surface area contributed by atoms with Crippen molar-refractivity contribution in [2.45, 2.75) is 32.7 Å². The predicted octanol–water partition coefficient (Wildman–Crippen LogP) is 2.51. The predicted molar refractivity (Wildman–Crippen MR) is 79.4 cm³/mol. The van der Waals surface area contributed by atoms with E-state index in [-0.39, 0.29) is 12.0 Å². The Labute approximate surface area is 124 Å². The van der Waals surface area contributed by atoms with Gasteiger partial charge in [0.1, 0.15) is 11.5 Å². The summed E-state index contributed by atoms with van der Waals surface area (Å²) in [6, 6.07) is 3.80. The molecule has 6 heteroatoms. The van der Waals surface area contributed by atoms with E-state index in [1.807, 2.05) is 12.1 Å². The quantitative estimate of drug-likeness (QED) is 0.931. The lowest BCUT2D eigenvalue weighted by Gasteiger charge is -2.24. The highest BCUT2D eigenvalue weighted by molar-refractivity contribution is 5.69. The van der Waals surface area contributed by atoms with Gasteiger partial charge < -0.3 is 19.7 Å². The largest absolute Gasteiger partial charge is 0.497 e. The molecule has 0 amide bonds. The molecule has 2 rings (SSSR count). The fourth-order valence-electron chi connectivity index (χ4n) is 2.11. The summed E-state index contributed by atoms with van der Waals surface area (Å²) >= 11 is 0. The standard InChI is InChI=1S/C15H21N3O3/c1-15(2,3)11-7-9(19-4)6-10(13(11)20-5)14-17-12(8-16)21-18-14/h6-7H,8,16H2,1-5H3. The lowest BCUT2D eigenvalue weighted by molar-refractivity contribution is 0.378. The van der Waals surface area contributed by atoms with Crippen molar-refractivity contribution in [2.75, 3.05) is 14.2 Å². The Morgan fingerprint density at radius 2 is 1.90 bits per heavy atom. The van der Waals surface area contributed by atoms with Gasteiger partial charge in [0, 0.05) is 5.56 Å². The molecule has 2 aromatic rings. The van der Waals surface area contributed by atoms with E-state index in [1.54, 1.807) is 14.2 Å². The van der Waals surface area contributed by atoms with Crippen molar-refractivity contribution in [2.24, 2.45) is 5.73 Å². The zero-order chi connectivity index (χ0) is 15.6. The van der Waals surface area contributed by atoms with E-state index in [0.717, 1.165) is 16.9 Å². The molecule has 0 fully saturated rings. The molecule has 1 aromatic heterocycles. The molecule has 0 atom stereocenters. The molecule has 0 bridgehead atoms. The third kappa shape index (κ3) is 3.00. The van der Waals surface area contributed by atoms with Gasteiger partial charge in [0.05, 0.1) is 26.3 Å². The molecular weight excluding hydrogens is 270 g/mol. The molecular formula is C15H21N3O3. The highest BCUT2D eigenvalue weighted by atomic mass is 16.5. The summed E-state index contributed by atoms with van der Waals surface area (Å²) in [4.78, 5) is 4.27. The minimum Gasteiger partial charge on any atom is -0.497 e. The number of rotatable bonds is 4. The number of hydrogen-bond donors (Lipinski definition) is 1. The van der Waals surface area contributed by atoms with Gasteiger partial charge in [-0.25, -0.2) is 0 Å². The Hall–Kier alpha value is -2.08. The fraction of sp³-hybridized carbons (Fsp3) is 0.467. The summed E-state index contributed by atoms with van der Waals surface area (Å²) in [5.74, 6) is 2.26. The van der Waals surface area contributed by atoms with Crippen molar-refractivity contribution < 1.29 is 14.0 Å². The molecule has 0 aliphatic carbocycles. The molecule has 0 radical (unpaired) electrons. The van der Waals surface area contributed by atoms with E-state index in [1.165, 1.54) is 0 Å². The molecule has 21 heavy (non-hydrogen) atoms. The first kappa shape index (κ1) is 15.3. The molecule has 0 aliphatic heterocycles. The van der Waals surface area contributed by atoms with Crippen LogP contribution >= 0.6 is 0 Å². The lowest BCUT2D eigenvalue weighted by atomic mass is 9.85. The minimum atomic E-state index is -0.116. The van der Waals surface area contributed by atoms with Gasteiger partial charge >= 0.3 is 0 Å². The SMILES string of the molecule is COc1cc(-c2noc(CN)n2)c(OC)c(C(C)(C)C)c1. The molecule has 0 saturated carbocycles. The monoisotopic (exact) mass is 291 g/mol. The first-order valence-electron chi connectivity index (χ1n) is 6.70. The first-order chi connectivity index (χ1) is 9.90. The number of hydrogen-bond acceptors (Lipinski definition) is 6. The van der Waals surface area contributed by atoms with Gasteiger partial charge in [-0.05, 0) is 17.5 Å². The summed E-state index contributed by atoms with van der Waals surface area (Å²) in [7, 11) is 3.25. The van der Waals surface area contributed by atoms with Gasteiger partial charge in [-0.3, -0.25) is 0 Å². The highest BCUT2D eigenvalue weighted by Crippen LogP contribution is 2.41. The molecule has 1 aromatic carbocycles. The summed E-state index contributed by atoms with van der Waals surface area (Å²) < 4.78 is 16.1. The molecule has 0 saturated heterocycles. The number of benzene rings is 1. The summed E-state index contributed by atoms with van der Waals surface area (Å²) in [6.07, 6.45) is 0. The number of aromatic nitrogens is 2. The maximum atomic E-state index is 5.59.